The number of nitrogens with zero attached hydrogens (tertiary/aromatic N) is 8. The first-order chi connectivity index (χ1) is 25.4. The number of nitrogen functional groups attached to an aromatic ring is 2. The fourth-order valence-electron chi connectivity index (χ4n) is 5.72. The third kappa shape index (κ3) is 9.21. The van der Waals surface area contributed by atoms with E-state index in [2.05, 4.69) is 91.6 Å². The second kappa shape index (κ2) is 18.2. The van der Waals surface area contributed by atoms with Crippen molar-refractivity contribution in [3.63, 3.8) is 0 Å². The van der Waals surface area contributed by atoms with E-state index in [1.54, 1.807) is 20.3 Å². The van der Waals surface area contributed by atoms with E-state index in [4.69, 9.17) is 30.4 Å². The minimum atomic E-state index is 0. The minimum absolute atomic E-state index is 0. The molecule has 4 N–H and O–H groups in total. The Morgan fingerprint density at radius 3 is 2.34 bits per heavy atom. The molecule has 0 spiro atoms. The van der Waals surface area contributed by atoms with Gasteiger partial charge < -0.3 is 30.4 Å². The molecule has 14 nitrogen and oxygen atoms in total. The standard InChI is InChI=1S/C20H23N5O2.C18H19N5O2.HI/c1-4-6-11-27-19-23-17(21)16-18(24-19)25(20(22-16)26-3)13-15-10-7-9-14(12-15)8-5-2;1-24-18-20-14-15(19)21-17-22-16(14)23(18)11-13-8-5-7-12(10-13)6-3-2-4-9-25-17;/h4-5,7,9-10,12H,1-2,6,8,11,13H2,3H3,(H2,21,23,24);2-3,5,7-8,10H,4,6,9,11H2,1H3,(H2,19,21,22);1H/b;3-2-;. The van der Waals surface area contributed by atoms with Gasteiger partial charge in [-0.3, -0.25) is 9.13 Å². The number of nitrogens with two attached hydrogens (primary N) is 2. The Kier molecular flexibility index (Phi) is 13.2. The lowest BCUT2D eigenvalue weighted by Crippen LogP contribution is -2.07. The van der Waals surface area contributed by atoms with Crippen molar-refractivity contribution < 1.29 is 18.9 Å². The number of ether oxygens (including phenoxy) is 4. The fraction of sp³-hybridized carbons (Fsp3) is 0.263. The number of aromatic nitrogens is 8. The summed E-state index contributed by atoms with van der Waals surface area (Å²) in [5.74, 6) is 0.541. The van der Waals surface area contributed by atoms with E-state index in [-0.39, 0.29) is 47.6 Å². The molecule has 4 aromatic heterocycles. The van der Waals surface area contributed by atoms with Crippen molar-refractivity contribution >= 4 is 57.9 Å². The highest BCUT2D eigenvalue weighted by Gasteiger charge is 2.20. The van der Waals surface area contributed by atoms with E-state index in [0.29, 0.717) is 67.1 Å². The van der Waals surface area contributed by atoms with Gasteiger partial charge in [-0.1, -0.05) is 72.8 Å². The smallest absolute Gasteiger partial charge is 0.320 e. The number of anilines is 2. The average molecular weight is 831 g/mol. The zero-order chi connectivity index (χ0) is 36.5. The first-order valence-corrected chi connectivity index (χ1v) is 16.8. The van der Waals surface area contributed by atoms with Crippen LogP contribution >= 0.6 is 24.0 Å². The van der Waals surface area contributed by atoms with Crippen LogP contribution in [0, 0.1) is 0 Å². The first kappa shape index (κ1) is 38.5. The van der Waals surface area contributed by atoms with E-state index in [1.807, 2.05) is 27.3 Å². The maximum absolute atomic E-state index is 6.06. The predicted molar refractivity (Wildman–Crippen MR) is 216 cm³/mol. The Morgan fingerprint density at radius 1 is 0.811 bits per heavy atom. The van der Waals surface area contributed by atoms with Crippen molar-refractivity contribution in [3.8, 4) is 24.0 Å². The van der Waals surface area contributed by atoms with Crippen LogP contribution in [0.15, 0.2) is 86.0 Å². The van der Waals surface area contributed by atoms with Gasteiger partial charge in [-0.25, -0.2) is 0 Å². The van der Waals surface area contributed by atoms with Gasteiger partial charge >= 0.3 is 12.0 Å². The maximum atomic E-state index is 6.06. The molecule has 0 unspecified atom stereocenters. The minimum Gasteiger partial charge on any atom is -0.468 e. The number of fused-ring (bicyclic) bond motifs is 4. The molecule has 2 aromatic carbocycles. The molecule has 7 rings (SSSR count). The van der Waals surface area contributed by atoms with Crippen LogP contribution in [0.5, 0.6) is 24.0 Å². The summed E-state index contributed by atoms with van der Waals surface area (Å²) in [6.07, 6.45) is 11.1. The van der Waals surface area contributed by atoms with Crippen LogP contribution in [0.3, 0.4) is 0 Å². The zero-order valence-electron chi connectivity index (χ0n) is 29.8. The number of allylic oxidation sites excluding steroid dienone is 2. The van der Waals surface area contributed by atoms with E-state index in [1.165, 1.54) is 11.1 Å². The lowest BCUT2D eigenvalue weighted by molar-refractivity contribution is 0.300. The third-order valence-electron chi connectivity index (χ3n) is 8.13. The highest BCUT2D eigenvalue weighted by atomic mass is 127. The lowest BCUT2D eigenvalue weighted by Gasteiger charge is -2.10. The van der Waals surface area contributed by atoms with Crippen molar-refractivity contribution in [2.45, 2.75) is 38.8 Å². The summed E-state index contributed by atoms with van der Waals surface area (Å²) in [4.78, 5) is 26.2. The second-order valence-electron chi connectivity index (χ2n) is 11.9. The van der Waals surface area contributed by atoms with Gasteiger partial charge in [0.15, 0.2) is 34.0 Å². The lowest BCUT2D eigenvalue weighted by atomic mass is 10.1. The summed E-state index contributed by atoms with van der Waals surface area (Å²) < 4.78 is 25.8. The zero-order valence-corrected chi connectivity index (χ0v) is 32.1. The molecule has 0 amide bonds. The molecule has 0 aliphatic carbocycles. The molecule has 6 aromatic rings. The molecule has 0 saturated heterocycles. The number of imidazole rings is 2. The maximum Gasteiger partial charge on any atom is 0.320 e. The summed E-state index contributed by atoms with van der Waals surface area (Å²) in [5.41, 5.74) is 19.0. The molecule has 0 radical (unpaired) electrons. The summed E-state index contributed by atoms with van der Waals surface area (Å²) in [7, 11) is 3.15. The molecular formula is C38H43IN10O4. The summed E-state index contributed by atoms with van der Waals surface area (Å²) in [6.45, 7) is 9.50. The molecule has 4 bridgehead atoms. The van der Waals surface area contributed by atoms with Crippen molar-refractivity contribution in [1.29, 1.82) is 0 Å². The van der Waals surface area contributed by atoms with Crippen molar-refractivity contribution in [2.75, 3.05) is 38.9 Å². The summed E-state index contributed by atoms with van der Waals surface area (Å²) in [5, 5.41) is 0. The molecule has 1 aliphatic heterocycles. The van der Waals surface area contributed by atoms with E-state index >= 15 is 0 Å². The van der Waals surface area contributed by atoms with Gasteiger partial charge in [0, 0.05) is 0 Å². The van der Waals surface area contributed by atoms with Crippen LogP contribution in [0.2, 0.25) is 0 Å². The van der Waals surface area contributed by atoms with Gasteiger partial charge in [0.1, 0.15) is 0 Å². The van der Waals surface area contributed by atoms with Gasteiger partial charge in [0.25, 0.3) is 12.0 Å². The number of hydrogen-bond donors (Lipinski definition) is 2. The molecule has 53 heavy (non-hydrogen) atoms. The van der Waals surface area contributed by atoms with Crippen LogP contribution in [0.1, 0.15) is 35.1 Å². The summed E-state index contributed by atoms with van der Waals surface area (Å²) >= 11 is 0. The number of methoxy groups -OCH3 is 2. The first-order valence-electron chi connectivity index (χ1n) is 16.8. The second-order valence-corrected chi connectivity index (χ2v) is 11.9. The van der Waals surface area contributed by atoms with Gasteiger partial charge in [-0.2, -0.15) is 29.9 Å². The van der Waals surface area contributed by atoms with Crippen LogP contribution in [-0.4, -0.2) is 66.5 Å². The molecule has 276 valence electrons. The Bertz CT molecular complexity index is 2230. The SMILES string of the molecule is C=CCCOc1nc(N)c2nc(OC)n(Cc3cccc(CC=C)c3)c2n1.COc1nc2c(N)nc3nc2n1Cc1cccc(c1)C/C=C\CCO3.I. The Balaban J connectivity index is 0.000000201. The highest BCUT2D eigenvalue weighted by Crippen LogP contribution is 2.28. The Morgan fingerprint density at radius 2 is 1.55 bits per heavy atom. The van der Waals surface area contributed by atoms with Gasteiger partial charge in [0.05, 0.1) is 40.5 Å². The van der Waals surface area contributed by atoms with Crippen molar-refractivity contribution in [2.24, 2.45) is 0 Å². The topological polar surface area (TPSA) is 176 Å². The molecule has 0 fully saturated rings. The molecular weight excluding hydrogens is 787 g/mol. The Labute approximate surface area is 324 Å². The Hall–Kier alpha value is -5.71. The number of rotatable bonds is 10. The van der Waals surface area contributed by atoms with Crippen molar-refractivity contribution in [1.82, 2.24) is 39.0 Å². The summed E-state index contributed by atoms with van der Waals surface area (Å²) in [6, 6.07) is 18.0. The number of benzene rings is 2. The number of hydrogen-bond acceptors (Lipinski definition) is 12. The largest absolute Gasteiger partial charge is 0.468 e. The molecule has 15 heteroatoms. The van der Waals surface area contributed by atoms with Gasteiger partial charge in [0.2, 0.25) is 0 Å². The predicted octanol–water partition coefficient (Wildman–Crippen LogP) is 6.11. The van der Waals surface area contributed by atoms with Gasteiger partial charge in [-0.15, -0.1) is 37.1 Å². The molecule has 0 saturated carbocycles. The van der Waals surface area contributed by atoms with Crippen LogP contribution < -0.4 is 30.4 Å². The third-order valence-corrected chi connectivity index (χ3v) is 8.13. The van der Waals surface area contributed by atoms with Gasteiger partial charge in [-0.05, 0) is 47.9 Å². The van der Waals surface area contributed by atoms with E-state index < -0.39 is 0 Å². The molecule has 5 heterocycles. The average Bonchev–Trinajstić information content (AvgIpc) is 3.68. The molecule has 1 aliphatic rings. The van der Waals surface area contributed by atoms with Crippen molar-refractivity contribution in [3.05, 3.63) is 108 Å². The normalized spacial score (nSPS) is 12.8. The fourth-order valence-corrected chi connectivity index (χ4v) is 5.72. The van der Waals surface area contributed by atoms with E-state index in [0.717, 1.165) is 30.4 Å². The highest BCUT2D eigenvalue weighted by molar-refractivity contribution is 14.0. The monoisotopic (exact) mass is 830 g/mol. The van der Waals surface area contributed by atoms with E-state index in [9.17, 15) is 0 Å². The number of halogens is 1. The van der Waals surface area contributed by atoms with Crippen LogP contribution in [0.25, 0.3) is 22.3 Å². The molecule has 0 atom stereocenters. The quantitative estimate of drug-likeness (QED) is 0.0922. The van der Waals surface area contributed by atoms with Crippen LogP contribution in [-0.2, 0) is 25.9 Å². The van der Waals surface area contributed by atoms with Crippen LogP contribution in [0.4, 0.5) is 11.6 Å².